The predicted octanol–water partition coefficient (Wildman–Crippen LogP) is 0.674. The summed E-state index contributed by atoms with van der Waals surface area (Å²) in [6, 6.07) is 0.273. The second kappa shape index (κ2) is 5.21. The molecule has 0 unspecified atom stereocenters. The number of ether oxygens (including phenoxy) is 1. The van der Waals surface area contributed by atoms with Crippen LogP contribution >= 0.6 is 0 Å². The van der Waals surface area contributed by atoms with E-state index < -0.39 is 0 Å². The molecule has 78 valence electrons. The second-order valence-corrected chi connectivity index (χ2v) is 2.75. The van der Waals surface area contributed by atoms with Gasteiger partial charge in [-0.05, 0) is 6.42 Å². The topological polar surface area (TPSA) is 86.0 Å². The Labute approximate surface area is 82.9 Å². The van der Waals surface area contributed by atoms with Crippen LogP contribution in [0.3, 0.4) is 0 Å². The van der Waals surface area contributed by atoms with Crippen molar-refractivity contribution in [2.45, 2.75) is 19.8 Å². The minimum absolute atomic E-state index is 0.163. The summed E-state index contributed by atoms with van der Waals surface area (Å²) in [7, 11) is 1.71. The lowest BCUT2D eigenvalue weighted by Crippen LogP contribution is -2.07. The third-order valence-electron chi connectivity index (χ3n) is 1.58. The second-order valence-electron chi connectivity index (χ2n) is 2.75. The highest BCUT2D eigenvalue weighted by Gasteiger charge is 2.02. The fourth-order valence-electron chi connectivity index (χ4n) is 0.856. The maximum Gasteiger partial charge on any atom is 0.323 e. The molecule has 0 bridgehead atoms. The van der Waals surface area contributed by atoms with Crippen molar-refractivity contribution in [2.75, 3.05) is 24.7 Å². The summed E-state index contributed by atoms with van der Waals surface area (Å²) in [6.07, 6.45) is 2.04. The third kappa shape index (κ3) is 3.04. The van der Waals surface area contributed by atoms with E-state index in [-0.39, 0.29) is 12.0 Å². The minimum Gasteiger partial charge on any atom is -0.463 e. The van der Waals surface area contributed by atoms with Crippen LogP contribution in [0, 0.1) is 0 Å². The number of anilines is 2. The maximum atomic E-state index is 5.46. The van der Waals surface area contributed by atoms with Gasteiger partial charge in [-0.15, -0.1) is 0 Å². The monoisotopic (exact) mass is 197 g/mol. The lowest BCUT2D eigenvalue weighted by atomic mass is 10.4. The average molecular weight is 197 g/mol. The lowest BCUT2D eigenvalue weighted by molar-refractivity contribution is 0.285. The number of hydrogen-bond donors (Lipinski definition) is 2. The normalized spacial score (nSPS) is 9.86. The highest BCUT2D eigenvalue weighted by molar-refractivity contribution is 5.31. The van der Waals surface area contributed by atoms with E-state index in [1.807, 2.05) is 0 Å². The molecular weight excluding hydrogens is 182 g/mol. The summed E-state index contributed by atoms with van der Waals surface area (Å²) < 4.78 is 5.29. The van der Waals surface area contributed by atoms with E-state index in [4.69, 9.17) is 10.5 Å². The smallest absolute Gasteiger partial charge is 0.323 e. The van der Waals surface area contributed by atoms with Gasteiger partial charge in [0.1, 0.15) is 0 Å². The van der Waals surface area contributed by atoms with Gasteiger partial charge in [0.2, 0.25) is 11.9 Å². The quantitative estimate of drug-likeness (QED) is 0.675. The van der Waals surface area contributed by atoms with E-state index >= 15 is 0 Å². The highest BCUT2D eigenvalue weighted by Crippen LogP contribution is 2.08. The Morgan fingerprint density at radius 1 is 1.36 bits per heavy atom. The van der Waals surface area contributed by atoms with Crippen molar-refractivity contribution < 1.29 is 4.74 Å². The van der Waals surface area contributed by atoms with Crippen LogP contribution in [0.5, 0.6) is 6.01 Å². The number of hydrogen-bond acceptors (Lipinski definition) is 6. The molecule has 6 heteroatoms. The number of unbranched alkanes of at least 4 members (excludes halogenated alkanes) is 1. The summed E-state index contributed by atoms with van der Waals surface area (Å²) in [6.45, 7) is 2.69. The molecule has 0 aliphatic carbocycles. The van der Waals surface area contributed by atoms with Crippen LogP contribution in [0.15, 0.2) is 0 Å². The average Bonchev–Trinajstić information content (AvgIpc) is 2.17. The van der Waals surface area contributed by atoms with Gasteiger partial charge in [-0.25, -0.2) is 0 Å². The van der Waals surface area contributed by atoms with Crippen molar-refractivity contribution in [3.8, 4) is 6.01 Å². The minimum atomic E-state index is 0.163. The van der Waals surface area contributed by atoms with Crippen molar-refractivity contribution in [3.63, 3.8) is 0 Å². The van der Waals surface area contributed by atoms with Crippen molar-refractivity contribution in [1.29, 1.82) is 0 Å². The summed E-state index contributed by atoms with van der Waals surface area (Å²) in [5.41, 5.74) is 5.46. The van der Waals surface area contributed by atoms with E-state index in [1.54, 1.807) is 7.05 Å². The predicted molar refractivity (Wildman–Crippen MR) is 54.2 cm³/mol. The lowest BCUT2D eigenvalue weighted by Gasteiger charge is -2.05. The molecule has 0 saturated carbocycles. The Morgan fingerprint density at radius 3 is 2.79 bits per heavy atom. The van der Waals surface area contributed by atoms with Crippen LogP contribution in [0.2, 0.25) is 0 Å². The fourth-order valence-corrected chi connectivity index (χ4v) is 0.856. The van der Waals surface area contributed by atoms with Crippen LogP contribution < -0.4 is 15.8 Å². The van der Waals surface area contributed by atoms with Crippen molar-refractivity contribution in [2.24, 2.45) is 0 Å². The van der Waals surface area contributed by atoms with Crippen LogP contribution in [-0.4, -0.2) is 28.6 Å². The zero-order chi connectivity index (χ0) is 10.4. The van der Waals surface area contributed by atoms with Gasteiger partial charge in [0.25, 0.3) is 0 Å². The van der Waals surface area contributed by atoms with Gasteiger partial charge in [-0.1, -0.05) is 13.3 Å². The van der Waals surface area contributed by atoms with E-state index in [0.717, 1.165) is 12.8 Å². The Hall–Kier alpha value is -1.59. The van der Waals surface area contributed by atoms with Crippen LogP contribution in [0.4, 0.5) is 11.9 Å². The van der Waals surface area contributed by atoms with Gasteiger partial charge in [-0.3, -0.25) is 0 Å². The Balaban J connectivity index is 2.62. The SMILES string of the molecule is CCCCOc1nc(N)nc(NC)n1. The Bertz CT molecular complexity index is 291. The van der Waals surface area contributed by atoms with Crippen LogP contribution in [0.25, 0.3) is 0 Å². The zero-order valence-corrected chi connectivity index (χ0v) is 8.45. The molecule has 1 rings (SSSR count). The van der Waals surface area contributed by atoms with Gasteiger partial charge < -0.3 is 15.8 Å². The molecule has 3 N–H and O–H groups in total. The first-order valence-corrected chi connectivity index (χ1v) is 4.58. The first-order valence-electron chi connectivity index (χ1n) is 4.58. The van der Waals surface area contributed by atoms with Gasteiger partial charge in [0.15, 0.2) is 0 Å². The molecule has 0 fully saturated rings. The number of nitrogens with zero attached hydrogens (tertiary/aromatic N) is 3. The number of aromatic nitrogens is 3. The van der Waals surface area contributed by atoms with Crippen LogP contribution in [-0.2, 0) is 0 Å². The molecule has 1 aromatic heterocycles. The number of rotatable bonds is 5. The molecule has 14 heavy (non-hydrogen) atoms. The number of nitrogen functional groups attached to an aromatic ring is 1. The molecule has 0 aliphatic heterocycles. The molecule has 0 aliphatic rings. The molecule has 1 heterocycles. The van der Waals surface area contributed by atoms with Gasteiger partial charge in [-0.2, -0.15) is 15.0 Å². The van der Waals surface area contributed by atoms with Gasteiger partial charge >= 0.3 is 6.01 Å². The summed E-state index contributed by atoms with van der Waals surface area (Å²) in [4.78, 5) is 11.7. The summed E-state index contributed by atoms with van der Waals surface area (Å²) >= 11 is 0. The van der Waals surface area contributed by atoms with Crippen molar-refractivity contribution >= 4 is 11.9 Å². The molecule has 0 saturated heterocycles. The van der Waals surface area contributed by atoms with Crippen LogP contribution in [0.1, 0.15) is 19.8 Å². The van der Waals surface area contributed by atoms with E-state index in [2.05, 4.69) is 27.2 Å². The molecule has 0 amide bonds. The molecule has 0 aromatic carbocycles. The largest absolute Gasteiger partial charge is 0.463 e. The molecule has 6 nitrogen and oxygen atoms in total. The van der Waals surface area contributed by atoms with E-state index in [0.29, 0.717) is 12.6 Å². The van der Waals surface area contributed by atoms with Crippen molar-refractivity contribution in [1.82, 2.24) is 15.0 Å². The molecule has 0 spiro atoms. The standard InChI is InChI=1S/C8H15N5O/c1-3-4-5-14-8-12-6(9)11-7(10-2)13-8/h3-5H2,1-2H3,(H3,9,10,11,12,13). The van der Waals surface area contributed by atoms with Gasteiger partial charge in [0, 0.05) is 7.05 Å². The zero-order valence-electron chi connectivity index (χ0n) is 8.45. The van der Waals surface area contributed by atoms with Gasteiger partial charge in [0.05, 0.1) is 6.61 Å². The number of nitrogens with two attached hydrogens (primary N) is 1. The summed E-state index contributed by atoms with van der Waals surface area (Å²) in [5.74, 6) is 0.583. The molecule has 0 radical (unpaired) electrons. The highest BCUT2D eigenvalue weighted by atomic mass is 16.5. The van der Waals surface area contributed by atoms with E-state index in [9.17, 15) is 0 Å². The first kappa shape index (κ1) is 10.5. The summed E-state index contributed by atoms with van der Waals surface area (Å²) in [5, 5.41) is 2.78. The Morgan fingerprint density at radius 2 is 2.14 bits per heavy atom. The molecule has 1 aromatic rings. The third-order valence-corrected chi connectivity index (χ3v) is 1.58. The Kier molecular flexibility index (Phi) is 3.90. The fraction of sp³-hybridized carbons (Fsp3) is 0.625. The number of nitrogens with one attached hydrogen (secondary N) is 1. The van der Waals surface area contributed by atoms with E-state index in [1.165, 1.54) is 0 Å². The maximum absolute atomic E-state index is 5.46. The molecule has 0 atom stereocenters. The first-order chi connectivity index (χ1) is 6.76. The van der Waals surface area contributed by atoms with Crippen molar-refractivity contribution in [3.05, 3.63) is 0 Å². The molecular formula is C8H15N5O.